The van der Waals surface area contributed by atoms with Crippen molar-refractivity contribution in [2.24, 2.45) is 4.99 Å². The summed E-state index contributed by atoms with van der Waals surface area (Å²) in [7, 11) is -3.74. The number of carbonyl (C=O) groups is 1. The molecule has 9 heteroatoms. The highest BCUT2D eigenvalue weighted by molar-refractivity contribution is 8.00. The van der Waals surface area contributed by atoms with E-state index in [0.29, 0.717) is 29.5 Å². The molecule has 0 unspecified atom stereocenters. The SMILES string of the molecule is O=C(CSc1cccc2cccc(Cl)c12)Nc1cccc(S(=O)(=O)NC2=NCCC2)c1. The van der Waals surface area contributed by atoms with E-state index in [9.17, 15) is 13.2 Å². The van der Waals surface area contributed by atoms with Crippen molar-refractivity contribution in [3.8, 4) is 0 Å². The van der Waals surface area contributed by atoms with Crippen molar-refractivity contribution < 1.29 is 13.2 Å². The van der Waals surface area contributed by atoms with Crippen LogP contribution in [0.2, 0.25) is 5.02 Å². The Morgan fingerprint density at radius 3 is 2.65 bits per heavy atom. The predicted molar refractivity (Wildman–Crippen MR) is 127 cm³/mol. The third-order valence-electron chi connectivity index (χ3n) is 4.73. The van der Waals surface area contributed by atoms with Crippen molar-refractivity contribution in [2.45, 2.75) is 22.6 Å². The number of anilines is 1. The normalized spacial score (nSPS) is 13.8. The van der Waals surface area contributed by atoms with E-state index in [0.717, 1.165) is 22.1 Å². The largest absolute Gasteiger partial charge is 0.325 e. The van der Waals surface area contributed by atoms with E-state index >= 15 is 0 Å². The lowest BCUT2D eigenvalue weighted by Crippen LogP contribution is -2.29. The topological polar surface area (TPSA) is 87.6 Å². The van der Waals surface area contributed by atoms with Crippen LogP contribution >= 0.6 is 23.4 Å². The van der Waals surface area contributed by atoms with Crippen LogP contribution in [-0.4, -0.2) is 32.5 Å². The Kier molecular flexibility index (Phi) is 6.50. The molecule has 4 rings (SSSR count). The van der Waals surface area contributed by atoms with Crippen LogP contribution in [0.5, 0.6) is 0 Å². The molecular weight excluding hydrogens is 454 g/mol. The summed E-state index contributed by atoms with van der Waals surface area (Å²) in [4.78, 5) is 17.6. The van der Waals surface area contributed by atoms with Crippen molar-refractivity contribution in [3.05, 3.63) is 65.7 Å². The summed E-state index contributed by atoms with van der Waals surface area (Å²) in [6.45, 7) is 0.632. The average molecular weight is 474 g/mol. The average Bonchev–Trinajstić information content (AvgIpc) is 3.25. The molecule has 3 aromatic rings. The molecule has 1 heterocycles. The molecule has 0 atom stereocenters. The van der Waals surface area contributed by atoms with Crippen LogP contribution in [0.1, 0.15) is 12.8 Å². The van der Waals surface area contributed by atoms with Crippen molar-refractivity contribution in [1.29, 1.82) is 0 Å². The van der Waals surface area contributed by atoms with Gasteiger partial charge < -0.3 is 5.32 Å². The number of thioether (sulfide) groups is 1. The molecular formula is C22H20ClN3O3S2. The van der Waals surface area contributed by atoms with Crippen LogP contribution in [0.4, 0.5) is 5.69 Å². The zero-order chi connectivity index (χ0) is 21.8. The first-order valence-electron chi connectivity index (χ1n) is 9.68. The monoisotopic (exact) mass is 473 g/mol. The molecule has 0 radical (unpaired) electrons. The fraction of sp³-hybridized carbons (Fsp3) is 0.182. The van der Waals surface area contributed by atoms with Gasteiger partial charge in [-0.3, -0.25) is 14.5 Å². The van der Waals surface area contributed by atoms with Crippen molar-refractivity contribution in [3.63, 3.8) is 0 Å². The lowest BCUT2D eigenvalue weighted by molar-refractivity contribution is -0.113. The Balaban J connectivity index is 1.43. The number of halogens is 1. The van der Waals surface area contributed by atoms with Crippen LogP contribution in [0, 0.1) is 0 Å². The van der Waals surface area contributed by atoms with Crippen molar-refractivity contribution in [2.75, 3.05) is 17.6 Å². The van der Waals surface area contributed by atoms with Gasteiger partial charge in [0.1, 0.15) is 5.84 Å². The number of nitrogens with one attached hydrogen (secondary N) is 2. The van der Waals surface area contributed by atoms with Crippen molar-refractivity contribution in [1.82, 2.24) is 4.72 Å². The first-order chi connectivity index (χ1) is 14.9. The van der Waals surface area contributed by atoms with Crippen LogP contribution in [-0.2, 0) is 14.8 Å². The molecule has 31 heavy (non-hydrogen) atoms. The molecule has 0 fully saturated rings. The van der Waals surface area contributed by atoms with Gasteiger partial charge in [0.05, 0.1) is 10.6 Å². The highest BCUT2D eigenvalue weighted by Gasteiger charge is 2.19. The van der Waals surface area contributed by atoms with Gasteiger partial charge in [-0.1, -0.05) is 41.9 Å². The predicted octanol–water partition coefficient (Wildman–Crippen LogP) is 4.69. The fourth-order valence-electron chi connectivity index (χ4n) is 3.30. The first kappa shape index (κ1) is 21.7. The number of hydrogen-bond acceptors (Lipinski definition) is 5. The molecule has 2 N–H and O–H groups in total. The molecule has 0 bridgehead atoms. The second kappa shape index (κ2) is 9.30. The Hall–Kier alpha value is -2.55. The van der Waals surface area contributed by atoms with Gasteiger partial charge >= 0.3 is 0 Å². The fourth-order valence-corrected chi connectivity index (χ4v) is 5.68. The Labute approximate surface area is 190 Å². The van der Waals surface area contributed by atoms with E-state index in [1.807, 2.05) is 36.4 Å². The third-order valence-corrected chi connectivity index (χ3v) is 7.48. The Bertz CT molecular complexity index is 1270. The molecule has 0 aliphatic carbocycles. The van der Waals surface area contributed by atoms with Gasteiger partial charge in [-0.15, -0.1) is 11.8 Å². The lowest BCUT2D eigenvalue weighted by atomic mass is 10.1. The summed E-state index contributed by atoms with van der Waals surface area (Å²) in [5, 5.41) is 5.33. The number of hydrogen-bond donors (Lipinski definition) is 2. The zero-order valence-electron chi connectivity index (χ0n) is 16.5. The summed E-state index contributed by atoms with van der Waals surface area (Å²) < 4.78 is 27.7. The second-order valence-corrected chi connectivity index (χ2v) is 10.1. The smallest absolute Gasteiger partial charge is 0.262 e. The quantitative estimate of drug-likeness (QED) is 0.508. The minimum absolute atomic E-state index is 0.0772. The van der Waals surface area contributed by atoms with Gasteiger partial charge in [0.25, 0.3) is 10.0 Å². The van der Waals surface area contributed by atoms with Gasteiger partial charge in [0.15, 0.2) is 0 Å². The summed E-state index contributed by atoms with van der Waals surface area (Å²) in [5.74, 6) is 0.396. The molecule has 0 saturated heterocycles. The number of nitrogens with zero attached hydrogens (tertiary/aromatic N) is 1. The Morgan fingerprint density at radius 1 is 1.10 bits per heavy atom. The zero-order valence-corrected chi connectivity index (χ0v) is 18.9. The van der Waals surface area contributed by atoms with Crippen LogP contribution < -0.4 is 10.0 Å². The summed E-state index contributed by atoms with van der Waals surface area (Å²) in [6, 6.07) is 17.7. The number of sulfonamides is 1. The molecule has 1 aliphatic heterocycles. The maximum atomic E-state index is 12.6. The highest BCUT2D eigenvalue weighted by Crippen LogP contribution is 2.33. The number of fused-ring (bicyclic) bond motifs is 1. The number of amidine groups is 1. The summed E-state index contributed by atoms with van der Waals surface area (Å²) in [6.07, 6.45) is 1.46. The van der Waals surface area contributed by atoms with Gasteiger partial charge in [-0.2, -0.15) is 0 Å². The van der Waals surface area contributed by atoms with E-state index in [2.05, 4.69) is 15.0 Å². The van der Waals surface area contributed by atoms with Crippen LogP contribution in [0.15, 0.2) is 75.4 Å². The number of rotatable bonds is 6. The van der Waals surface area contributed by atoms with E-state index in [4.69, 9.17) is 11.6 Å². The maximum absolute atomic E-state index is 12.6. The molecule has 1 aliphatic rings. The molecule has 0 spiro atoms. The lowest BCUT2D eigenvalue weighted by Gasteiger charge is -2.11. The summed E-state index contributed by atoms with van der Waals surface area (Å²) in [5.41, 5.74) is 0.415. The number of amides is 1. The van der Waals surface area contributed by atoms with E-state index < -0.39 is 10.0 Å². The molecule has 3 aromatic carbocycles. The molecule has 1 amide bonds. The van der Waals surface area contributed by atoms with Gasteiger partial charge in [0, 0.05) is 34.0 Å². The van der Waals surface area contributed by atoms with Gasteiger partial charge in [-0.05, 0) is 42.1 Å². The molecule has 0 aromatic heterocycles. The summed E-state index contributed by atoms with van der Waals surface area (Å²) >= 11 is 7.72. The maximum Gasteiger partial charge on any atom is 0.262 e. The van der Waals surface area contributed by atoms with E-state index in [1.54, 1.807) is 12.1 Å². The molecule has 0 saturated carbocycles. The van der Waals surface area contributed by atoms with Gasteiger partial charge in [-0.25, -0.2) is 8.42 Å². The number of aliphatic imine (C=N–C) groups is 1. The third kappa shape index (κ3) is 5.20. The van der Waals surface area contributed by atoms with Gasteiger partial charge in [0.2, 0.25) is 5.91 Å². The molecule has 160 valence electrons. The van der Waals surface area contributed by atoms with Crippen LogP contribution in [0.3, 0.4) is 0 Å². The highest BCUT2D eigenvalue weighted by atomic mass is 35.5. The second-order valence-electron chi connectivity index (χ2n) is 7.00. The van der Waals surface area contributed by atoms with Crippen LogP contribution in [0.25, 0.3) is 10.8 Å². The van der Waals surface area contributed by atoms with E-state index in [-0.39, 0.29) is 16.6 Å². The van der Waals surface area contributed by atoms with E-state index in [1.165, 1.54) is 23.9 Å². The number of carbonyl (C=O) groups excluding carboxylic acids is 1. The minimum atomic E-state index is -3.74. The van der Waals surface area contributed by atoms with Crippen molar-refractivity contribution >= 4 is 61.6 Å². The molecule has 6 nitrogen and oxygen atoms in total. The first-order valence-corrected chi connectivity index (χ1v) is 12.5. The minimum Gasteiger partial charge on any atom is -0.325 e. The Morgan fingerprint density at radius 2 is 1.87 bits per heavy atom. The number of benzene rings is 3. The standard InChI is InChI=1S/C22H20ClN3O3S2/c23-18-9-1-5-15-6-2-10-19(22(15)18)30-14-21(27)25-16-7-3-8-17(13-16)31(28,29)26-20-11-4-12-24-20/h1-3,5-10,13H,4,11-12,14H2,(H,24,26)(H,25,27).